The molecule has 0 radical (unpaired) electrons. The van der Waals surface area contributed by atoms with Crippen LogP contribution >= 0.6 is 15.9 Å². The first kappa shape index (κ1) is 20.7. The van der Waals surface area contributed by atoms with E-state index in [9.17, 15) is 13.2 Å². The van der Waals surface area contributed by atoms with Crippen LogP contribution in [0.15, 0.2) is 69.1 Å². The van der Waals surface area contributed by atoms with Crippen molar-refractivity contribution in [1.29, 1.82) is 0 Å². The highest BCUT2D eigenvalue weighted by atomic mass is 79.9. The summed E-state index contributed by atoms with van der Waals surface area (Å²) in [6.07, 6.45) is 1.58. The Balaban J connectivity index is 1.48. The number of amides is 1. The third-order valence-corrected chi connectivity index (χ3v) is 6.79. The van der Waals surface area contributed by atoms with Crippen molar-refractivity contribution in [2.75, 3.05) is 32.7 Å². The molecule has 9 heteroatoms. The van der Waals surface area contributed by atoms with Crippen LogP contribution in [0.2, 0.25) is 0 Å². The minimum Gasteiger partial charge on any atom is -0.292 e. The van der Waals surface area contributed by atoms with Gasteiger partial charge in [0.05, 0.1) is 17.7 Å². The van der Waals surface area contributed by atoms with E-state index in [1.807, 2.05) is 35.2 Å². The number of halogens is 1. The molecule has 0 aromatic heterocycles. The van der Waals surface area contributed by atoms with Gasteiger partial charge in [-0.3, -0.25) is 9.69 Å². The fraction of sp³-hybridized carbons (Fsp3) is 0.263. The Labute approximate surface area is 173 Å². The van der Waals surface area contributed by atoms with Crippen LogP contribution in [-0.4, -0.2) is 62.5 Å². The second-order valence-corrected chi connectivity index (χ2v) is 9.19. The Morgan fingerprint density at radius 1 is 1.04 bits per heavy atom. The molecule has 7 nitrogen and oxygen atoms in total. The molecule has 0 atom stereocenters. The van der Waals surface area contributed by atoms with E-state index >= 15 is 0 Å². The van der Waals surface area contributed by atoms with Gasteiger partial charge in [0.15, 0.2) is 0 Å². The minimum atomic E-state index is -3.51. The minimum absolute atomic E-state index is 0.179. The van der Waals surface area contributed by atoms with E-state index in [-0.39, 0.29) is 17.3 Å². The van der Waals surface area contributed by atoms with E-state index < -0.39 is 10.0 Å². The number of rotatable bonds is 6. The maximum absolute atomic E-state index is 12.7. The number of nitrogens with one attached hydrogen (secondary N) is 1. The van der Waals surface area contributed by atoms with E-state index in [0.717, 1.165) is 10.0 Å². The standard InChI is InChI=1S/C19H21BrN4O3S/c20-17-6-8-18(9-7-17)28(26,27)24-12-10-23(11-13-24)15-19(25)22-21-14-16-4-2-1-3-5-16/h1-9,14H,10-13,15H2,(H,22,25)/b21-14+. The highest BCUT2D eigenvalue weighted by Gasteiger charge is 2.28. The highest BCUT2D eigenvalue weighted by molar-refractivity contribution is 9.10. The zero-order valence-corrected chi connectivity index (χ0v) is 17.6. The van der Waals surface area contributed by atoms with Crippen molar-refractivity contribution in [2.24, 2.45) is 5.10 Å². The summed E-state index contributed by atoms with van der Waals surface area (Å²) in [6.45, 7) is 1.85. The molecule has 0 aliphatic carbocycles. The van der Waals surface area contributed by atoms with Crippen LogP contribution in [0, 0.1) is 0 Å². The summed E-state index contributed by atoms with van der Waals surface area (Å²) in [7, 11) is -3.51. The summed E-state index contributed by atoms with van der Waals surface area (Å²) in [5.41, 5.74) is 3.40. The van der Waals surface area contributed by atoms with E-state index in [1.165, 1.54) is 4.31 Å². The Hall–Kier alpha value is -2.07. The molecular formula is C19H21BrN4O3S. The van der Waals surface area contributed by atoms with Crippen LogP contribution in [0.25, 0.3) is 0 Å². The predicted octanol–water partition coefficient (Wildman–Crippen LogP) is 1.91. The fourth-order valence-corrected chi connectivity index (χ4v) is 4.53. The number of carbonyl (C=O) groups is 1. The van der Waals surface area contributed by atoms with E-state index in [2.05, 4.69) is 26.5 Å². The van der Waals surface area contributed by atoms with E-state index in [0.29, 0.717) is 26.2 Å². The molecule has 0 saturated carbocycles. The summed E-state index contributed by atoms with van der Waals surface area (Å²) >= 11 is 3.31. The molecule has 1 amide bonds. The molecule has 3 rings (SSSR count). The van der Waals surface area contributed by atoms with Gasteiger partial charge in [0.2, 0.25) is 10.0 Å². The first-order valence-corrected chi connectivity index (χ1v) is 11.0. The van der Waals surface area contributed by atoms with Gasteiger partial charge in [0, 0.05) is 30.7 Å². The Morgan fingerprint density at radius 3 is 2.32 bits per heavy atom. The van der Waals surface area contributed by atoms with Gasteiger partial charge in [-0.15, -0.1) is 0 Å². The Bertz CT molecular complexity index is 925. The van der Waals surface area contributed by atoms with Gasteiger partial charge in [-0.25, -0.2) is 13.8 Å². The molecule has 148 valence electrons. The largest absolute Gasteiger partial charge is 0.292 e. The van der Waals surface area contributed by atoms with Gasteiger partial charge in [0.25, 0.3) is 5.91 Å². The lowest BCUT2D eigenvalue weighted by molar-refractivity contribution is -0.122. The molecule has 1 N–H and O–H groups in total. The Morgan fingerprint density at radius 2 is 1.68 bits per heavy atom. The average molecular weight is 465 g/mol. The lowest BCUT2D eigenvalue weighted by Gasteiger charge is -2.33. The van der Waals surface area contributed by atoms with Crippen LogP contribution in [0.1, 0.15) is 5.56 Å². The average Bonchev–Trinajstić information content (AvgIpc) is 2.69. The lowest BCUT2D eigenvalue weighted by atomic mass is 10.2. The maximum Gasteiger partial charge on any atom is 0.254 e. The van der Waals surface area contributed by atoms with E-state index in [1.54, 1.807) is 30.5 Å². The van der Waals surface area contributed by atoms with Crippen molar-refractivity contribution < 1.29 is 13.2 Å². The number of nitrogens with zero attached hydrogens (tertiary/aromatic N) is 3. The van der Waals surface area contributed by atoms with Crippen LogP contribution in [0.3, 0.4) is 0 Å². The predicted molar refractivity (Wildman–Crippen MR) is 112 cm³/mol. The van der Waals surface area contributed by atoms with Crippen molar-refractivity contribution in [1.82, 2.24) is 14.6 Å². The van der Waals surface area contributed by atoms with Crippen LogP contribution in [0.5, 0.6) is 0 Å². The van der Waals surface area contributed by atoms with Gasteiger partial charge in [-0.05, 0) is 29.8 Å². The van der Waals surface area contributed by atoms with Crippen LogP contribution in [-0.2, 0) is 14.8 Å². The third-order valence-electron chi connectivity index (χ3n) is 4.35. The van der Waals surface area contributed by atoms with Gasteiger partial charge < -0.3 is 0 Å². The topological polar surface area (TPSA) is 82.1 Å². The molecular weight excluding hydrogens is 444 g/mol. The smallest absolute Gasteiger partial charge is 0.254 e. The number of hydrogen-bond acceptors (Lipinski definition) is 5. The zero-order valence-electron chi connectivity index (χ0n) is 15.2. The maximum atomic E-state index is 12.7. The summed E-state index contributed by atoms with van der Waals surface area (Å²) < 4.78 is 27.7. The van der Waals surface area contributed by atoms with Crippen LogP contribution in [0.4, 0.5) is 0 Å². The van der Waals surface area contributed by atoms with Gasteiger partial charge in [-0.1, -0.05) is 46.3 Å². The second-order valence-electron chi connectivity index (χ2n) is 6.34. The number of hydrogen-bond donors (Lipinski definition) is 1. The third kappa shape index (κ3) is 5.48. The number of sulfonamides is 1. The van der Waals surface area contributed by atoms with Gasteiger partial charge >= 0.3 is 0 Å². The number of hydrazone groups is 1. The summed E-state index contributed by atoms with van der Waals surface area (Å²) in [4.78, 5) is 14.2. The quantitative estimate of drug-likeness (QED) is 0.522. The second kappa shape index (κ2) is 9.42. The van der Waals surface area contributed by atoms with Crippen molar-refractivity contribution >= 4 is 38.1 Å². The summed E-state index contributed by atoms with van der Waals surface area (Å²) in [5, 5.41) is 3.95. The molecule has 0 spiro atoms. The molecule has 1 aliphatic rings. The SMILES string of the molecule is O=C(CN1CCN(S(=O)(=O)c2ccc(Br)cc2)CC1)N/N=C/c1ccccc1. The molecule has 2 aromatic rings. The summed E-state index contributed by atoms with van der Waals surface area (Å²) in [6, 6.07) is 16.1. The van der Waals surface area contributed by atoms with Crippen molar-refractivity contribution in [2.45, 2.75) is 4.90 Å². The molecule has 1 heterocycles. The first-order valence-electron chi connectivity index (χ1n) is 8.80. The fourth-order valence-electron chi connectivity index (χ4n) is 2.84. The van der Waals surface area contributed by atoms with Gasteiger partial charge in [-0.2, -0.15) is 9.41 Å². The van der Waals surface area contributed by atoms with Crippen LogP contribution < -0.4 is 5.43 Å². The molecule has 2 aromatic carbocycles. The molecule has 28 heavy (non-hydrogen) atoms. The normalized spacial score (nSPS) is 16.3. The zero-order chi connectivity index (χ0) is 20.0. The number of piperazine rings is 1. The monoisotopic (exact) mass is 464 g/mol. The summed E-state index contributed by atoms with van der Waals surface area (Å²) in [5.74, 6) is -0.226. The molecule has 0 bridgehead atoms. The first-order chi connectivity index (χ1) is 13.4. The Kier molecular flexibility index (Phi) is 6.95. The van der Waals surface area contributed by atoms with Crippen molar-refractivity contribution in [3.8, 4) is 0 Å². The number of carbonyl (C=O) groups excluding carboxylic acids is 1. The molecule has 1 fully saturated rings. The van der Waals surface area contributed by atoms with Crippen molar-refractivity contribution in [3.63, 3.8) is 0 Å². The molecule has 1 aliphatic heterocycles. The molecule has 0 unspecified atom stereocenters. The van der Waals surface area contributed by atoms with Gasteiger partial charge in [0.1, 0.15) is 0 Å². The number of benzene rings is 2. The molecule has 1 saturated heterocycles. The van der Waals surface area contributed by atoms with E-state index in [4.69, 9.17) is 0 Å². The van der Waals surface area contributed by atoms with Crippen molar-refractivity contribution in [3.05, 3.63) is 64.6 Å². The lowest BCUT2D eigenvalue weighted by Crippen LogP contribution is -2.50. The highest BCUT2D eigenvalue weighted by Crippen LogP contribution is 2.20.